The molecule has 0 radical (unpaired) electrons. The maximum Gasteiger partial charge on any atom is 0.0394 e. The molecule has 21 heavy (non-hydrogen) atoms. The predicted octanol–water partition coefficient (Wildman–Crippen LogP) is 4.30. The van der Waals surface area contributed by atoms with Crippen LogP contribution in [0.4, 0.5) is 5.69 Å². The Bertz CT molecular complexity index is 435. The standard InChI is InChI=1S/C19H32N2/c1-5-20-18(17-9-7-6-8-10-17)14-21(4)19-12-11-15(2)13-16(19)3/h11-13,17-18,20H,5-10,14H2,1-4H3. The van der Waals surface area contributed by atoms with Crippen molar-refractivity contribution < 1.29 is 0 Å². The van der Waals surface area contributed by atoms with Gasteiger partial charge in [-0.15, -0.1) is 0 Å². The molecule has 2 heteroatoms. The zero-order valence-electron chi connectivity index (χ0n) is 14.3. The number of hydrogen-bond acceptors (Lipinski definition) is 2. The van der Waals surface area contributed by atoms with Crippen molar-refractivity contribution >= 4 is 5.69 Å². The number of hydrogen-bond donors (Lipinski definition) is 1. The summed E-state index contributed by atoms with van der Waals surface area (Å²) in [6, 6.07) is 7.41. The average Bonchev–Trinajstić information content (AvgIpc) is 2.47. The van der Waals surface area contributed by atoms with Gasteiger partial charge in [0, 0.05) is 25.3 Å². The minimum absolute atomic E-state index is 0.626. The van der Waals surface area contributed by atoms with Crippen LogP contribution in [0, 0.1) is 19.8 Å². The number of benzene rings is 1. The fourth-order valence-corrected chi connectivity index (χ4v) is 3.81. The summed E-state index contributed by atoms with van der Waals surface area (Å²) in [5, 5.41) is 3.74. The van der Waals surface area contributed by atoms with Gasteiger partial charge in [0.25, 0.3) is 0 Å². The van der Waals surface area contributed by atoms with Crippen molar-refractivity contribution in [2.24, 2.45) is 5.92 Å². The third-order valence-electron chi connectivity index (χ3n) is 4.92. The highest BCUT2D eigenvalue weighted by Crippen LogP contribution is 2.28. The molecule has 1 aliphatic carbocycles. The molecule has 1 atom stereocenters. The lowest BCUT2D eigenvalue weighted by Gasteiger charge is -2.35. The van der Waals surface area contributed by atoms with Crippen LogP contribution in [0.1, 0.15) is 50.2 Å². The fourth-order valence-electron chi connectivity index (χ4n) is 3.81. The molecule has 2 rings (SSSR count). The molecule has 0 spiro atoms. The molecule has 0 aromatic heterocycles. The highest BCUT2D eigenvalue weighted by atomic mass is 15.1. The summed E-state index contributed by atoms with van der Waals surface area (Å²) in [5.41, 5.74) is 4.11. The Morgan fingerprint density at radius 1 is 1.19 bits per heavy atom. The van der Waals surface area contributed by atoms with E-state index in [1.807, 2.05) is 0 Å². The quantitative estimate of drug-likeness (QED) is 0.839. The van der Waals surface area contributed by atoms with Crippen LogP contribution in [0.3, 0.4) is 0 Å². The van der Waals surface area contributed by atoms with Gasteiger partial charge >= 0.3 is 0 Å². The van der Waals surface area contributed by atoms with E-state index in [0.717, 1.165) is 19.0 Å². The van der Waals surface area contributed by atoms with Gasteiger partial charge < -0.3 is 10.2 Å². The van der Waals surface area contributed by atoms with Gasteiger partial charge in [-0.1, -0.05) is 43.9 Å². The molecule has 2 nitrogen and oxygen atoms in total. The van der Waals surface area contributed by atoms with Crippen LogP contribution in [-0.4, -0.2) is 26.2 Å². The first-order chi connectivity index (χ1) is 10.1. The summed E-state index contributed by atoms with van der Waals surface area (Å²) in [6.45, 7) is 8.80. The maximum atomic E-state index is 3.74. The Labute approximate surface area is 130 Å². The predicted molar refractivity (Wildman–Crippen MR) is 93.2 cm³/mol. The molecule has 0 amide bonds. The van der Waals surface area contributed by atoms with Gasteiger partial charge in [-0.3, -0.25) is 0 Å². The molecule has 1 unspecified atom stereocenters. The number of likely N-dealkylation sites (N-methyl/N-ethyl adjacent to an activating group) is 2. The lowest BCUT2D eigenvalue weighted by Crippen LogP contribution is -2.45. The van der Waals surface area contributed by atoms with Crippen molar-refractivity contribution in [2.75, 3.05) is 25.0 Å². The van der Waals surface area contributed by atoms with Gasteiger partial charge in [-0.25, -0.2) is 0 Å². The second-order valence-corrected chi connectivity index (χ2v) is 6.73. The molecular weight excluding hydrogens is 256 g/mol. The molecular formula is C19H32N2. The lowest BCUT2D eigenvalue weighted by molar-refractivity contribution is 0.273. The third-order valence-corrected chi connectivity index (χ3v) is 4.92. The monoisotopic (exact) mass is 288 g/mol. The van der Waals surface area contributed by atoms with Gasteiger partial charge in [-0.05, 0) is 50.8 Å². The van der Waals surface area contributed by atoms with Crippen molar-refractivity contribution in [3.05, 3.63) is 29.3 Å². The van der Waals surface area contributed by atoms with Crippen LogP contribution in [0.15, 0.2) is 18.2 Å². The molecule has 1 aromatic rings. The van der Waals surface area contributed by atoms with Crippen LogP contribution in [0.25, 0.3) is 0 Å². The van der Waals surface area contributed by atoms with Crippen LogP contribution < -0.4 is 10.2 Å². The van der Waals surface area contributed by atoms with Crippen molar-refractivity contribution in [1.82, 2.24) is 5.32 Å². The molecule has 118 valence electrons. The highest BCUT2D eigenvalue weighted by molar-refractivity contribution is 5.53. The van der Waals surface area contributed by atoms with Crippen molar-refractivity contribution in [2.45, 2.75) is 58.9 Å². The zero-order valence-corrected chi connectivity index (χ0v) is 14.3. The first-order valence-corrected chi connectivity index (χ1v) is 8.63. The van der Waals surface area contributed by atoms with Crippen LogP contribution in [0.2, 0.25) is 0 Å². The van der Waals surface area contributed by atoms with E-state index in [1.54, 1.807) is 0 Å². The summed E-state index contributed by atoms with van der Waals surface area (Å²) in [5.74, 6) is 0.854. The van der Waals surface area contributed by atoms with Crippen LogP contribution in [0.5, 0.6) is 0 Å². The minimum Gasteiger partial charge on any atom is -0.373 e. The Morgan fingerprint density at radius 3 is 2.52 bits per heavy atom. The lowest BCUT2D eigenvalue weighted by atomic mass is 9.83. The summed E-state index contributed by atoms with van der Waals surface area (Å²) in [4.78, 5) is 2.44. The number of nitrogens with zero attached hydrogens (tertiary/aromatic N) is 1. The average molecular weight is 288 g/mol. The van der Waals surface area contributed by atoms with E-state index < -0.39 is 0 Å². The van der Waals surface area contributed by atoms with E-state index in [1.165, 1.54) is 48.9 Å². The Morgan fingerprint density at radius 2 is 1.90 bits per heavy atom. The number of aryl methyl sites for hydroxylation is 2. The molecule has 1 saturated carbocycles. The minimum atomic E-state index is 0.626. The molecule has 1 aromatic carbocycles. The Balaban J connectivity index is 2.04. The van der Waals surface area contributed by atoms with E-state index >= 15 is 0 Å². The SMILES string of the molecule is CCNC(CN(C)c1ccc(C)cc1C)C1CCCCC1. The Hall–Kier alpha value is -1.02. The molecule has 1 aliphatic rings. The third kappa shape index (κ3) is 4.47. The van der Waals surface area contributed by atoms with Crippen LogP contribution in [-0.2, 0) is 0 Å². The van der Waals surface area contributed by atoms with Gasteiger partial charge in [0.2, 0.25) is 0 Å². The first kappa shape index (κ1) is 16.4. The topological polar surface area (TPSA) is 15.3 Å². The first-order valence-electron chi connectivity index (χ1n) is 8.63. The van der Waals surface area contributed by atoms with Crippen LogP contribution >= 0.6 is 0 Å². The second-order valence-electron chi connectivity index (χ2n) is 6.73. The maximum absolute atomic E-state index is 3.74. The summed E-state index contributed by atoms with van der Waals surface area (Å²) >= 11 is 0. The number of nitrogens with one attached hydrogen (secondary N) is 1. The van der Waals surface area contributed by atoms with Crippen molar-refractivity contribution in [1.29, 1.82) is 0 Å². The van der Waals surface area contributed by atoms with Gasteiger partial charge in [0.05, 0.1) is 0 Å². The van der Waals surface area contributed by atoms with E-state index in [4.69, 9.17) is 0 Å². The zero-order chi connectivity index (χ0) is 15.2. The number of anilines is 1. The van der Waals surface area contributed by atoms with Gasteiger partial charge in [-0.2, -0.15) is 0 Å². The molecule has 0 bridgehead atoms. The van der Waals surface area contributed by atoms with Gasteiger partial charge in [0.1, 0.15) is 0 Å². The molecule has 0 saturated heterocycles. The van der Waals surface area contributed by atoms with Gasteiger partial charge in [0.15, 0.2) is 0 Å². The molecule has 1 fully saturated rings. The summed E-state index contributed by atoms with van der Waals surface area (Å²) < 4.78 is 0. The van der Waals surface area contributed by atoms with E-state index in [-0.39, 0.29) is 0 Å². The Kier molecular flexibility index (Phi) is 6.10. The molecule has 0 aliphatic heterocycles. The second kappa shape index (κ2) is 7.84. The van der Waals surface area contributed by atoms with Crippen molar-refractivity contribution in [3.8, 4) is 0 Å². The molecule has 1 N–H and O–H groups in total. The summed E-state index contributed by atoms with van der Waals surface area (Å²) in [7, 11) is 2.24. The largest absolute Gasteiger partial charge is 0.373 e. The normalized spacial score (nSPS) is 17.7. The highest BCUT2D eigenvalue weighted by Gasteiger charge is 2.24. The smallest absolute Gasteiger partial charge is 0.0394 e. The van der Waals surface area contributed by atoms with E-state index in [9.17, 15) is 0 Å². The van der Waals surface area contributed by atoms with E-state index in [0.29, 0.717) is 6.04 Å². The summed E-state index contributed by atoms with van der Waals surface area (Å²) in [6.07, 6.45) is 7.07. The fraction of sp³-hybridized carbons (Fsp3) is 0.684. The molecule has 0 heterocycles. The van der Waals surface area contributed by atoms with E-state index in [2.05, 4.69) is 56.2 Å². The number of rotatable bonds is 6. The van der Waals surface area contributed by atoms with Crippen molar-refractivity contribution in [3.63, 3.8) is 0 Å².